The first-order valence-electron chi connectivity index (χ1n) is 6.54. The summed E-state index contributed by atoms with van der Waals surface area (Å²) in [4.78, 5) is 14.0. The van der Waals surface area contributed by atoms with E-state index in [1.165, 1.54) is 19.3 Å². The minimum atomic E-state index is 0.342. The summed E-state index contributed by atoms with van der Waals surface area (Å²) in [6.45, 7) is 7.40. The summed E-state index contributed by atoms with van der Waals surface area (Å²) in [5.74, 6) is 0.342. The number of hydrogen-bond donors (Lipinski definition) is 1. The maximum atomic E-state index is 12.0. The minimum Gasteiger partial charge on any atom is -0.342 e. The maximum Gasteiger partial charge on any atom is 0.222 e. The van der Waals surface area contributed by atoms with Gasteiger partial charge in [0.1, 0.15) is 0 Å². The van der Waals surface area contributed by atoms with Crippen LogP contribution in [0.25, 0.3) is 0 Å². The number of nitrogens with one attached hydrogen (secondary N) is 1. The third-order valence-corrected chi connectivity index (χ3v) is 3.80. The summed E-state index contributed by atoms with van der Waals surface area (Å²) in [7, 11) is 1.93. The molecule has 0 aromatic heterocycles. The molecule has 1 aliphatic heterocycles. The van der Waals surface area contributed by atoms with E-state index in [1.54, 1.807) is 0 Å². The monoisotopic (exact) mass is 226 g/mol. The molecule has 0 bridgehead atoms. The van der Waals surface area contributed by atoms with E-state index in [1.807, 2.05) is 7.05 Å². The Hall–Kier alpha value is -0.570. The number of rotatable bonds is 5. The van der Waals surface area contributed by atoms with Crippen LogP contribution in [0, 0.1) is 5.41 Å². The summed E-state index contributed by atoms with van der Waals surface area (Å²) in [5.41, 5.74) is 0.358. The van der Waals surface area contributed by atoms with Gasteiger partial charge in [-0.05, 0) is 44.7 Å². The molecule has 1 rings (SSSR count). The number of piperidine rings is 1. The number of likely N-dealkylation sites (tertiary alicyclic amines) is 1. The molecule has 3 nitrogen and oxygen atoms in total. The predicted molar refractivity (Wildman–Crippen MR) is 67.4 cm³/mol. The van der Waals surface area contributed by atoms with Crippen LogP contribution in [0.5, 0.6) is 0 Å². The van der Waals surface area contributed by atoms with E-state index in [2.05, 4.69) is 24.1 Å². The van der Waals surface area contributed by atoms with Crippen molar-refractivity contribution in [1.82, 2.24) is 10.2 Å². The van der Waals surface area contributed by atoms with Crippen LogP contribution in [0.1, 0.15) is 46.0 Å². The lowest BCUT2D eigenvalue weighted by Gasteiger charge is -2.40. The van der Waals surface area contributed by atoms with Gasteiger partial charge in [-0.1, -0.05) is 13.8 Å². The summed E-state index contributed by atoms with van der Waals surface area (Å²) < 4.78 is 0. The first-order valence-corrected chi connectivity index (χ1v) is 6.54. The van der Waals surface area contributed by atoms with Crippen molar-refractivity contribution in [1.29, 1.82) is 0 Å². The van der Waals surface area contributed by atoms with Crippen molar-refractivity contribution in [3.63, 3.8) is 0 Å². The lowest BCUT2D eigenvalue weighted by atomic mass is 9.79. The van der Waals surface area contributed by atoms with Crippen molar-refractivity contribution < 1.29 is 4.79 Å². The van der Waals surface area contributed by atoms with Gasteiger partial charge in [-0.15, -0.1) is 0 Å². The molecule has 1 atom stereocenters. The molecule has 16 heavy (non-hydrogen) atoms. The fourth-order valence-corrected chi connectivity index (χ4v) is 2.39. The van der Waals surface area contributed by atoms with Crippen molar-refractivity contribution >= 4 is 5.91 Å². The molecule has 1 heterocycles. The second-order valence-corrected chi connectivity index (χ2v) is 5.29. The molecule has 1 saturated heterocycles. The Balaban J connectivity index is 2.38. The molecular formula is C13H26N2O. The van der Waals surface area contributed by atoms with Crippen LogP contribution in [0.3, 0.4) is 0 Å². The Morgan fingerprint density at radius 1 is 1.50 bits per heavy atom. The molecule has 1 aliphatic rings. The van der Waals surface area contributed by atoms with Crippen molar-refractivity contribution in [2.75, 3.05) is 26.7 Å². The van der Waals surface area contributed by atoms with Crippen molar-refractivity contribution in [3.8, 4) is 0 Å². The zero-order valence-electron chi connectivity index (χ0n) is 11.0. The smallest absolute Gasteiger partial charge is 0.222 e. The summed E-state index contributed by atoms with van der Waals surface area (Å²) in [5, 5.41) is 3.08. The highest BCUT2D eigenvalue weighted by atomic mass is 16.2. The third-order valence-electron chi connectivity index (χ3n) is 3.80. The van der Waals surface area contributed by atoms with Gasteiger partial charge in [-0.3, -0.25) is 4.79 Å². The van der Waals surface area contributed by atoms with Crippen LogP contribution in [0.4, 0.5) is 0 Å². The molecular weight excluding hydrogens is 200 g/mol. The SMILES string of the molecule is CCC1(C)CCCN(C(=O)CCCNC)C1. The standard InChI is InChI=1S/C13H26N2O/c1-4-13(2)8-6-10-15(11-13)12(16)7-5-9-14-3/h14H,4-11H2,1-3H3. The van der Waals surface area contributed by atoms with E-state index in [9.17, 15) is 4.79 Å². The summed E-state index contributed by atoms with van der Waals surface area (Å²) in [6.07, 6.45) is 5.26. The number of amides is 1. The van der Waals surface area contributed by atoms with E-state index in [0.717, 1.165) is 26.1 Å². The van der Waals surface area contributed by atoms with Gasteiger partial charge in [0, 0.05) is 19.5 Å². The van der Waals surface area contributed by atoms with Gasteiger partial charge >= 0.3 is 0 Å². The summed E-state index contributed by atoms with van der Waals surface area (Å²) >= 11 is 0. The number of hydrogen-bond acceptors (Lipinski definition) is 2. The number of nitrogens with zero attached hydrogens (tertiary/aromatic N) is 1. The Morgan fingerprint density at radius 2 is 2.25 bits per heavy atom. The van der Waals surface area contributed by atoms with Crippen LogP contribution < -0.4 is 5.32 Å². The fraction of sp³-hybridized carbons (Fsp3) is 0.923. The van der Waals surface area contributed by atoms with Gasteiger partial charge in [0.25, 0.3) is 0 Å². The molecule has 0 aliphatic carbocycles. The highest BCUT2D eigenvalue weighted by Gasteiger charge is 2.31. The lowest BCUT2D eigenvalue weighted by Crippen LogP contribution is -2.44. The Morgan fingerprint density at radius 3 is 2.88 bits per heavy atom. The number of carbonyl (C=O) groups excluding carboxylic acids is 1. The molecule has 0 spiro atoms. The van der Waals surface area contributed by atoms with Gasteiger partial charge in [-0.2, -0.15) is 0 Å². The van der Waals surface area contributed by atoms with E-state index in [-0.39, 0.29) is 0 Å². The Kier molecular flexibility index (Phi) is 5.26. The van der Waals surface area contributed by atoms with Gasteiger partial charge in [0.2, 0.25) is 5.91 Å². The maximum absolute atomic E-state index is 12.0. The largest absolute Gasteiger partial charge is 0.342 e. The molecule has 0 aromatic carbocycles. The third kappa shape index (κ3) is 3.78. The van der Waals surface area contributed by atoms with Gasteiger partial charge in [0.15, 0.2) is 0 Å². The zero-order chi connectivity index (χ0) is 12.0. The molecule has 0 saturated carbocycles. The molecule has 1 N–H and O–H groups in total. The van der Waals surface area contributed by atoms with Crippen LogP contribution in [-0.4, -0.2) is 37.5 Å². The van der Waals surface area contributed by atoms with Crippen LogP contribution in [0.2, 0.25) is 0 Å². The molecule has 0 aromatic rings. The first kappa shape index (κ1) is 13.5. The van der Waals surface area contributed by atoms with E-state index in [0.29, 0.717) is 17.7 Å². The molecule has 94 valence electrons. The lowest BCUT2D eigenvalue weighted by molar-refractivity contribution is -0.134. The fourth-order valence-electron chi connectivity index (χ4n) is 2.39. The zero-order valence-corrected chi connectivity index (χ0v) is 11.0. The molecule has 0 radical (unpaired) electrons. The Bertz CT molecular complexity index is 230. The van der Waals surface area contributed by atoms with Gasteiger partial charge < -0.3 is 10.2 Å². The van der Waals surface area contributed by atoms with E-state index in [4.69, 9.17) is 0 Å². The quantitative estimate of drug-likeness (QED) is 0.727. The number of carbonyl (C=O) groups is 1. The minimum absolute atomic E-state index is 0.342. The molecule has 1 fully saturated rings. The van der Waals surface area contributed by atoms with E-state index >= 15 is 0 Å². The summed E-state index contributed by atoms with van der Waals surface area (Å²) in [6, 6.07) is 0. The topological polar surface area (TPSA) is 32.3 Å². The second-order valence-electron chi connectivity index (χ2n) is 5.29. The van der Waals surface area contributed by atoms with Crippen LogP contribution in [-0.2, 0) is 4.79 Å². The van der Waals surface area contributed by atoms with Crippen molar-refractivity contribution in [2.24, 2.45) is 5.41 Å². The first-order chi connectivity index (χ1) is 7.61. The second kappa shape index (κ2) is 6.24. The average Bonchev–Trinajstić information content (AvgIpc) is 2.29. The molecule has 3 heteroatoms. The average molecular weight is 226 g/mol. The predicted octanol–water partition coefficient (Wildman–Crippen LogP) is 2.02. The highest BCUT2D eigenvalue weighted by molar-refractivity contribution is 5.76. The normalized spacial score (nSPS) is 25.8. The highest BCUT2D eigenvalue weighted by Crippen LogP contribution is 2.32. The van der Waals surface area contributed by atoms with Crippen molar-refractivity contribution in [2.45, 2.75) is 46.0 Å². The van der Waals surface area contributed by atoms with Crippen LogP contribution in [0.15, 0.2) is 0 Å². The Labute approximate surface area is 99.6 Å². The van der Waals surface area contributed by atoms with E-state index < -0.39 is 0 Å². The van der Waals surface area contributed by atoms with Crippen LogP contribution >= 0.6 is 0 Å². The molecule has 1 amide bonds. The van der Waals surface area contributed by atoms with Crippen molar-refractivity contribution in [3.05, 3.63) is 0 Å². The molecule has 1 unspecified atom stereocenters. The van der Waals surface area contributed by atoms with Gasteiger partial charge in [-0.25, -0.2) is 0 Å². The van der Waals surface area contributed by atoms with Gasteiger partial charge in [0.05, 0.1) is 0 Å².